The van der Waals surface area contributed by atoms with E-state index in [9.17, 15) is 0 Å². The Bertz CT molecular complexity index is 415. The predicted molar refractivity (Wildman–Crippen MR) is 124 cm³/mol. The van der Waals surface area contributed by atoms with Gasteiger partial charge in [0.05, 0.1) is 79.3 Å². The predicted octanol–water partition coefficient (Wildman–Crippen LogP) is 2.18. The largest absolute Gasteiger partial charge is 0.394 e. The standard InChI is InChI=1S/C21H44O7.H2O4S/c1-2-3-4-5-6-7-8-10-23-12-14-25-16-18-27-20-21-28-19-17-26-15-13-24-11-9-22;1-5(2,3)4/h22H,2-21H2,1H3;(H2,1,2,3,4). The third-order valence-electron chi connectivity index (χ3n) is 3.99. The molecule has 202 valence electrons. The number of unbranched alkanes of at least 4 members (excludes halogenated alkanes) is 6. The molecule has 0 aliphatic rings. The second kappa shape index (κ2) is 29.6. The first kappa shape index (κ1) is 34.8. The van der Waals surface area contributed by atoms with Crippen molar-refractivity contribution in [3.63, 3.8) is 0 Å². The van der Waals surface area contributed by atoms with E-state index in [1.54, 1.807) is 0 Å². The molecule has 0 aromatic carbocycles. The van der Waals surface area contributed by atoms with E-state index in [0.717, 1.165) is 13.0 Å². The van der Waals surface area contributed by atoms with Crippen LogP contribution >= 0.6 is 0 Å². The van der Waals surface area contributed by atoms with E-state index in [-0.39, 0.29) is 6.61 Å². The summed E-state index contributed by atoms with van der Waals surface area (Å²) in [5, 5.41) is 8.53. The summed E-state index contributed by atoms with van der Waals surface area (Å²) in [7, 11) is -4.67. The molecule has 3 N–H and O–H groups in total. The van der Waals surface area contributed by atoms with Gasteiger partial charge in [0.2, 0.25) is 0 Å². The molecule has 0 rings (SSSR count). The monoisotopic (exact) mass is 506 g/mol. The van der Waals surface area contributed by atoms with Gasteiger partial charge in [-0.05, 0) is 6.42 Å². The van der Waals surface area contributed by atoms with E-state index in [2.05, 4.69) is 6.92 Å². The Hall–Kier alpha value is -0.410. The van der Waals surface area contributed by atoms with Crippen LogP contribution in [0.1, 0.15) is 51.9 Å². The molecule has 11 nitrogen and oxygen atoms in total. The van der Waals surface area contributed by atoms with Crippen molar-refractivity contribution in [1.29, 1.82) is 0 Å². The molecule has 0 saturated carbocycles. The van der Waals surface area contributed by atoms with E-state index in [1.807, 2.05) is 0 Å². The molecule has 0 bridgehead atoms. The first-order chi connectivity index (χ1) is 15.9. The van der Waals surface area contributed by atoms with E-state index in [1.165, 1.54) is 38.5 Å². The van der Waals surface area contributed by atoms with Gasteiger partial charge in [-0.3, -0.25) is 9.11 Å². The van der Waals surface area contributed by atoms with Crippen LogP contribution in [-0.2, 0) is 38.8 Å². The molecule has 0 unspecified atom stereocenters. The average Bonchev–Trinajstić information content (AvgIpc) is 2.75. The summed E-state index contributed by atoms with van der Waals surface area (Å²) in [5.74, 6) is 0. The number of aliphatic hydroxyl groups excluding tert-OH is 1. The van der Waals surface area contributed by atoms with Crippen molar-refractivity contribution in [3.05, 3.63) is 0 Å². The van der Waals surface area contributed by atoms with Crippen LogP contribution < -0.4 is 0 Å². The van der Waals surface area contributed by atoms with Gasteiger partial charge >= 0.3 is 10.4 Å². The van der Waals surface area contributed by atoms with Crippen LogP contribution in [-0.4, -0.2) is 109 Å². The number of aliphatic hydroxyl groups is 1. The van der Waals surface area contributed by atoms with Gasteiger partial charge in [0.1, 0.15) is 0 Å². The Labute approximate surface area is 199 Å². The van der Waals surface area contributed by atoms with Crippen molar-refractivity contribution in [3.8, 4) is 0 Å². The van der Waals surface area contributed by atoms with Gasteiger partial charge < -0.3 is 33.5 Å². The summed E-state index contributed by atoms with van der Waals surface area (Å²) in [6.07, 6.45) is 9.15. The molecule has 0 aliphatic heterocycles. The van der Waals surface area contributed by atoms with Crippen molar-refractivity contribution < 1.29 is 51.1 Å². The lowest BCUT2D eigenvalue weighted by Gasteiger charge is -2.08. The molecule has 0 aromatic rings. The van der Waals surface area contributed by atoms with E-state index < -0.39 is 10.4 Å². The fourth-order valence-electron chi connectivity index (χ4n) is 2.43. The SMILES string of the molecule is CCCCCCCCCOCCOCCOCCOCCOCCOCCO.O=S(=O)(O)O. The summed E-state index contributed by atoms with van der Waals surface area (Å²) in [6, 6.07) is 0. The topological polar surface area (TPSA) is 150 Å². The molecule has 0 saturated heterocycles. The fraction of sp³-hybridized carbons (Fsp3) is 1.00. The minimum atomic E-state index is -4.67. The van der Waals surface area contributed by atoms with Crippen LogP contribution in [0.4, 0.5) is 0 Å². The highest BCUT2D eigenvalue weighted by Gasteiger charge is 1.95. The number of rotatable bonds is 25. The van der Waals surface area contributed by atoms with Crippen LogP contribution in [0.5, 0.6) is 0 Å². The lowest BCUT2D eigenvalue weighted by molar-refractivity contribution is -0.0182. The normalized spacial score (nSPS) is 11.4. The molecular formula is C21H46O11S. The molecule has 0 radical (unpaired) electrons. The second-order valence-electron chi connectivity index (χ2n) is 6.97. The molecule has 0 fully saturated rings. The third-order valence-corrected chi connectivity index (χ3v) is 3.99. The quantitative estimate of drug-likeness (QED) is 0.123. The Balaban J connectivity index is 0. The highest BCUT2D eigenvalue weighted by atomic mass is 32.3. The van der Waals surface area contributed by atoms with Crippen molar-refractivity contribution >= 4 is 10.4 Å². The van der Waals surface area contributed by atoms with Crippen molar-refractivity contribution in [1.82, 2.24) is 0 Å². The first-order valence-corrected chi connectivity index (χ1v) is 13.1. The first-order valence-electron chi connectivity index (χ1n) is 11.7. The van der Waals surface area contributed by atoms with E-state index >= 15 is 0 Å². The second-order valence-corrected chi connectivity index (χ2v) is 7.86. The minimum Gasteiger partial charge on any atom is -0.394 e. The van der Waals surface area contributed by atoms with Crippen LogP contribution in [0, 0.1) is 0 Å². The van der Waals surface area contributed by atoms with Gasteiger partial charge in [0.25, 0.3) is 0 Å². The number of hydrogen-bond acceptors (Lipinski definition) is 9. The zero-order chi connectivity index (χ0) is 24.9. The molecule has 0 atom stereocenters. The average molecular weight is 507 g/mol. The fourth-order valence-corrected chi connectivity index (χ4v) is 2.43. The van der Waals surface area contributed by atoms with Gasteiger partial charge in [0.15, 0.2) is 0 Å². The van der Waals surface area contributed by atoms with Crippen molar-refractivity contribution in [2.24, 2.45) is 0 Å². The summed E-state index contributed by atoms with van der Waals surface area (Å²) in [5.41, 5.74) is 0. The highest BCUT2D eigenvalue weighted by molar-refractivity contribution is 7.79. The molecule has 0 amide bonds. The third kappa shape index (κ3) is 45.7. The van der Waals surface area contributed by atoms with E-state index in [4.69, 9.17) is 51.1 Å². The van der Waals surface area contributed by atoms with Gasteiger partial charge in [-0.2, -0.15) is 8.42 Å². The van der Waals surface area contributed by atoms with Crippen LogP contribution in [0.2, 0.25) is 0 Å². The summed E-state index contributed by atoms with van der Waals surface area (Å²) < 4.78 is 63.8. The van der Waals surface area contributed by atoms with Gasteiger partial charge in [-0.1, -0.05) is 45.4 Å². The molecule has 0 spiro atoms. The molecule has 33 heavy (non-hydrogen) atoms. The summed E-state index contributed by atoms with van der Waals surface area (Å²) >= 11 is 0. The number of hydrogen-bond donors (Lipinski definition) is 3. The smallest absolute Gasteiger partial charge is 0.394 e. The molecule has 12 heteroatoms. The molecule has 0 aliphatic carbocycles. The zero-order valence-electron chi connectivity index (χ0n) is 20.2. The Morgan fingerprint density at radius 3 is 1.09 bits per heavy atom. The van der Waals surface area contributed by atoms with Gasteiger partial charge in [-0.25, -0.2) is 0 Å². The minimum absolute atomic E-state index is 0.0429. The van der Waals surface area contributed by atoms with Gasteiger partial charge in [0, 0.05) is 6.61 Å². The van der Waals surface area contributed by atoms with Crippen LogP contribution in [0.25, 0.3) is 0 Å². The lowest BCUT2D eigenvalue weighted by Crippen LogP contribution is -2.14. The highest BCUT2D eigenvalue weighted by Crippen LogP contribution is 2.06. The van der Waals surface area contributed by atoms with Crippen molar-refractivity contribution in [2.75, 3.05) is 85.9 Å². The van der Waals surface area contributed by atoms with Crippen molar-refractivity contribution in [2.45, 2.75) is 51.9 Å². The lowest BCUT2D eigenvalue weighted by atomic mass is 10.1. The Morgan fingerprint density at radius 1 is 0.485 bits per heavy atom. The van der Waals surface area contributed by atoms with Gasteiger partial charge in [-0.15, -0.1) is 0 Å². The zero-order valence-corrected chi connectivity index (χ0v) is 21.0. The molecular weight excluding hydrogens is 460 g/mol. The summed E-state index contributed by atoms with van der Waals surface area (Å²) in [6.45, 7) is 9.09. The molecule has 0 heterocycles. The van der Waals surface area contributed by atoms with Crippen LogP contribution in [0.15, 0.2) is 0 Å². The Kier molecular flexibility index (Phi) is 31.2. The summed E-state index contributed by atoms with van der Waals surface area (Å²) in [4.78, 5) is 0. The maximum absolute atomic E-state index is 8.74. The maximum Gasteiger partial charge on any atom is 0.394 e. The van der Waals surface area contributed by atoms with E-state index in [0.29, 0.717) is 72.7 Å². The van der Waals surface area contributed by atoms with Crippen LogP contribution in [0.3, 0.4) is 0 Å². The number of ether oxygens (including phenoxy) is 6. The molecule has 0 aromatic heterocycles. The maximum atomic E-state index is 8.74. The Morgan fingerprint density at radius 2 is 0.758 bits per heavy atom.